The molecule has 0 spiro atoms. The summed E-state index contributed by atoms with van der Waals surface area (Å²) in [6.45, 7) is 1.88. The van der Waals surface area contributed by atoms with Crippen LogP contribution < -0.4 is 5.43 Å². The molecule has 6 nitrogen and oxygen atoms in total. The Balaban J connectivity index is 2.17. The van der Waals surface area contributed by atoms with Crippen LogP contribution in [0.15, 0.2) is 50.2 Å². The molecule has 22 heavy (non-hydrogen) atoms. The number of phenolic OH excluding ortho intramolecular Hbond substituents is 1. The number of benzene rings is 1. The van der Waals surface area contributed by atoms with Gasteiger partial charge >= 0.3 is 5.97 Å². The molecular weight excluding hydrogens is 288 g/mol. The molecule has 1 N–H and O–H groups in total. The van der Waals surface area contributed by atoms with Crippen molar-refractivity contribution >= 4 is 16.9 Å². The lowest BCUT2D eigenvalue weighted by Gasteiger charge is -2.04. The van der Waals surface area contributed by atoms with Crippen molar-refractivity contribution in [3.63, 3.8) is 0 Å². The second-order valence-electron chi connectivity index (χ2n) is 4.54. The SMILES string of the molecule is CCOC(=O)c1occc1-c1cc(=O)c2ccc(O)cc2o1. The number of ether oxygens (including phenoxy) is 1. The highest BCUT2D eigenvalue weighted by molar-refractivity contribution is 5.94. The van der Waals surface area contributed by atoms with Crippen LogP contribution >= 0.6 is 0 Å². The van der Waals surface area contributed by atoms with E-state index in [4.69, 9.17) is 13.6 Å². The fourth-order valence-electron chi connectivity index (χ4n) is 2.13. The van der Waals surface area contributed by atoms with Crippen LogP contribution in [0, 0.1) is 0 Å². The van der Waals surface area contributed by atoms with E-state index in [0.717, 1.165) is 0 Å². The van der Waals surface area contributed by atoms with Crippen molar-refractivity contribution in [1.82, 2.24) is 0 Å². The van der Waals surface area contributed by atoms with Gasteiger partial charge in [-0.1, -0.05) is 0 Å². The number of phenols is 1. The molecule has 0 fully saturated rings. The van der Waals surface area contributed by atoms with Crippen molar-refractivity contribution in [3.05, 3.63) is 52.6 Å². The molecule has 1 aromatic carbocycles. The molecule has 3 rings (SSSR count). The molecule has 0 unspecified atom stereocenters. The summed E-state index contributed by atoms with van der Waals surface area (Å²) in [6, 6.07) is 7.00. The van der Waals surface area contributed by atoms with E-state index in [1.807, 2.05) is 0 Å². The van der Waals surface area contributed by atoms with Crippen molar-refractivity contribution in [2.45, 2.75) is 6.92 Å². The Hall–Kier alpha value is -3.02. The number of hydrogen-bond donors (Lipinski definition) is 1. The lowest BCUT2D eigenvalue weighted by atomic mass is 10.1. The molecule has 6 heteroatoms. The van der Waals surface area contributed by atoms with Crippen LogP contribution in [0.5, 0.6) is 5.75 Å². The first-order valence-electron chi connectivity index (χ1n) is 6.62. The Morgan fingerprint density at radius 1 is 1.27 bits per heavy atom. The van der Waals surface area contributed by atoms with Gasteiger partial charge in [0.1, 0.15) is 17.1 Å². The number of carbonyl (C=O) groups is 1. The molecule has 0 aliphatic carbocycles. The van der Waals surface area contributed by atoms with Gasteiger partial charge in [0.15, 0.2) is 5.43 Å². The minimum Gasteiger partial charge on any atom is -0.508 e. The van der Waals surface area contributed by atoms with E-state index in [1.165, 1.54) is 36.6 Å². The monoisotopic (exact) mass is 300 g/mol. The van der Waals surface area contributed by atoms with Gasteiger partial charge in [-0.05, 0) is 25.1 Å². The first-order valence-corrected chi connectivity index (χ1v) is 6.62. The molecule has 0 atom stereocenters. The lowest BCUT2D eigenvalue weighted by Crippen LogP contribution is -2.06. The molecule has 3 aromatic rings. The number of aromatic hydroxyl groups is 1. The largest absolute Gasteiger partial charge is 0.508 e. The topological polar surface area (TPSA) is 89.9 Å². The summed E-state index contributed by atoms with van der Waals surface area (Å²) in [5.74, 6) is -0.531. The summed E-state index contributed by atoms with van der Waals surface area (Å²) in [5, 5.41) is 9.84. The summed E-state index contributed by atoms with van der Waals surface area (Å²) in [6.07, 6.45) is 1.31. The zero-order valence-electron chi connectivity index (χ0n) is 11.7. The molecule has 0 bridgehead atoms. The molecule has 0 aliphatic heterocycles. The molecule has 0 aliphatic rings. The maximum Gasteiger partial charge on any atom is 0.374 e. The number of hydrogen-bond acceptors (Lipinski definition) is 6. The molecule has 2 aromatic heterocycles. The minimum absolute atomic E-state index is 0.0226. The van der Waals surface area contributed by atoms with Crippen LogP contribution in [0.4, 0.5) is 0 Å². The Bertz CT molecular complexity index is 902. The van der Waals surface area contributed by atoms with Crippen LogP contribution in [0.25, 0.3) is 22.3 Å². The third-order valence-corrected chi connectivity index (χ3v) is 3.10. The molecule has 0 amide bonds. The summed E-state index contributed by atoms with van der Waals surface area (Å²) in [4.78, 5) is 24.0. The smallest absolute Gasteiger partial charge is 0.374 e. The molecule has 2 heterocycles. The number of rotatable bonds is 3. The highest BCUT2D eigenvalue weighted by atomic mass is 16.5. The highest BCUT2D eigenvalue weighted by Gasteiger charge is 2.20. The van der Waals surface area contributed by atoms with E-state index in [-0.39, 0.29) is 34.9 Å². The number of furan rings is 1. The van der Waals surface area contributed by atoms with Gasteiger partial charge in [-0.2, -0.15) is 0 Å². The zero-order chi connectivity index (χ0) is 15.7. The quantitative estimate of drug-likeness (QED) is 0.748. The summed E-state index contributed by atoms with van der Waals surface area (Å²) in [5.41, 5.74) is 0.256. The van der Waals surface area contributed by atoms with Crippen molar-refractivity contribution in [3.8, 4) is 17.1 Å². The van der Waals surface area contributed by atoms with Crippen LogP contribution in [-0.4, -0.2) is 17.7 Å². The zero-order valence-corrected chi connectivity index (χ0v) is 11.7. The van der Waals surface area contributed by atoms with Crippen molar-refractivity contribution in [2.75, 3.05) is 6.61 Å². The maximum absolute atomic E-state index is 12.1. The van der Waals surface area contributed by atoms with Crippen LogP contribution in [-0.2, 0) is 4.74 Å². The van der Waals surface area contributed by atoms with Crippen molar-refractivity contribution in [1.29, 1.82) is 0 Å². The first-order chi connectivity index (χ1) is 10.6. The predicted molar refractivity (Wildman–Crippen MR) is 77.8 cm³/mol. The summed E-state index contributed by atoms with van der Waals surface area (Å²) in [7, 11) is 0. The van der Waals surface area contributed by atoms with Gasteiger partial charge in [0.05, 0.1) is 23.8 Å². The van der Waals surface area contributed by atoms with Gasteiger partial charge in [-0.25, -0.2) is 4.79 Å². The molecule has 0 saturated carbocycles. The molecule has 112 valence electrons. The van der Waals surface area contributed by atoms with Gasteiger partial charge in [-0.3, -0.25) is 4.79 Å². The maximum atomic E-state index is 12.1. The Kier molecular flexibility index (Phi) is 3.42. The third kappa shape index (κ3) is 2.35. The fraction of sp³-hybridized carbons (Fsp3) is 0.125. The third-order valence-electron chi connectivity index (χ3n) is 3.10. The van der Waals surface area contributed by atoms with E-state index in [1.54, 1.807) is 6.92 Å². The standard InChI is InChI=1S/C16H12O6/c1-2-20-16(19)15-11(5-6-21-15)14-8-12(18)10-4-3-9(17)7-13(10)22-14/h3-8,17H,2H2,1H3. The van der Waals surface area contributed by atoms with Crippen molar-refractivity contribution in [2.24, 2.45) is 0 Å². The van der Waals surface area contributed by atoms with Gasteiger partial charge in [0.2, 0.25) is 5.76 Å². The Morgan fingerprint density at radius 2 is 2.09 bits per heavy atom. The Morgan fingerprint density at radius 3 is 2.86 bits per heavy atom. The van der Waals surface area contributed by atoms with Crippen LogP contribution in [0.2, 0.25) is 0 Å². The molecule has 0 saturated heterocycles. The summed E-state index contributed by atoms with van der Waals surface area (Å²) < 4.78 is 15.6. The average molecular weight is 300 g/mol. The van der Waals surface area contributed by atoms with Gasteiger partial charge in [-0.15, -0.1) is 0 Å². The van der Waals surface area contributed by atoms with E-state index in [9.17, 15) is 14.7 Å². The van der Waals surface area contributed by atoms with Gasteiger partial charge < -0.3 is 18.7 Å². The minimum atomic E-state index is -0.638. The Labute approximate surface area is 124 Å². The van der Waals surface area contributed by atoms with E-state index < -0.39 is 5.97 Å². The van der Waals surface area contributed by atoms with E-state index >= 15 is 0 Å². The number of fused-ring (bicyclic) bond motifs is 1. The summed E-state index contributed by atoms with van der Waals surface area (Å²) >= 11 is 0. The highest BCUT2D eigenvalue weighted by Crippen LogP contribution is 2.28. The predicted octanol–water partition coefficient (Wildman–Crippen LogP) is 2.94. The molecular formula is C16H12O6. The van der Waals surface area contributed by atoms with Crippen LogP contribution in [0.3, 0.4) is 0 Å². The normalized spacial score (nSPS) is 10.8. The lowest BCUT2D eigenvalue weighted by molar-refractivity contribution is 0.0491. The van der Waals surface area contributed by atoms with Crippen molar-refractivity contribution < 1.29 is 23.5 Å². The number of carbonyl (C=O) groups excluding carboxylic acids is 1. The second-order valence-corrected chi connectivity index (χ2v) is 4.54. The van der Waals surface area contributed by atoms with E-state index in [0.29, 0.717) is 10.9 Å². The van der Waals surface area contributed by atoms with E-state index in [2.05, 4.69) is 0 Å². The molecule has 0 radical (unpaired) electrons. The van der Waals surface area contributed by atoms with Gasteiger partial charge in [0, 0.05) is 12.1 Å². The van der Waals surface area contributed by atoms with Gasteiger partial charge in [0.25, 0.3) is 0 Å². The first kappa shape index (κ1) is 13.9. The van der Waals surface area contributed by atoms with Crippen LogP contribution in [0.1, 0.15) is 17.5 Å². The average Bonchev–Trinajstić information content (AvgIpc) is 2.96. The fourth-order valence-corrected chi connectivity index (χ4v) is 2.13. The number of esters is 1. The second kappa shape index (κ2) is 5.40.